The van der Waals surface area contributed by atoms with Crippen LogP contribution >= 0.6 is 0 Å². The maximum absolute atomic E-state index is 14.5. The van der Waals surface area contributed by atoms with Gasteiger partial charge in [0.05, 0.1) is 34.1 Å². The van der Waals surface area contributed by atoms with E-state index in [2.05, 4.69) is 47.1 Å². The fourth-order valence-corrected chi connectivity index (χ4v) is 7.22. The van der Waals surface area contributed by atoms with E-state index in [0.717, 1.165) is 84.9 Å². The Morgan fingerprint density at radius 3 is 1.06 bits per heavy atom. The first-order chi connectivity index (χ1) is 24.6. The van der Waals surface area contributed by atoms with E-state index in [-0.39, 0.29) is 11.6 Å². The van der Waals surface area contributed by atoms with Crippen molar-refractivity contribution in [3.63, 3.8) is 0 Å². The monoisotopic (exact) mass is 656 g/mol. The van der Waals surface area contributed by atoms with Crippen LogP contribution in [-0.4, -0.2) is 0 Å². The maximum Gasteiger partial charge on any atom is 0.151 e. The SMILES string of the molecule is CCc1c(-c2ccc(F)cc2)c(N2c3ccccc3Oc3ccccc32)cc(N2c3ccccc3Oc3ccccc32)c1-c1ccc(F)cc1. The molecule has 0 saturated heterocycles. The summed E-state index contributed by atoms with van der Waals surface area (Å²) in [5.74, 6) is 2.27. The molecule has 4 nitrogen and oxygen atoms in total. The van der Waals surface area contributed by atoms with Gasteiger partial charge in [-0.05, 0) is 102 Å². The predicted octanol–water partition coefficient (Wildman–Crippen LogP) is 13.0. The smallest absolute Gasteiger partial charge is 0.151 e. The zero-order valence-electron chi connectivity index (χ0n) is 27.1. The largest absolute Gasteiger partial charge is 0.453 e. The summed E-state index contributed by atoms with van der Waals surface area (Å²) in [4.78, 5) is 4.48. The molecule has 7 aromatic rings. The van der Waals surface area contributed by atoms with Crippen molar-refractivity contribution in [2.75, 3.05) is 9.80 Å². The number of anilines is 6. The quantitative estimate of drug-likeness (QED) is 0.184. The molecule has 0 radical (unpaired) electrons. The number of nitrogens with zero attached hydrogens (tertiary/aromatic N) is 2. The third-order valence-corrected chi connectivity index (χ3v) is 9.35. The third kappa shape index (κ3) is 4.79. The van der Waals surface area contributed by atoms with Gasteiger partial charge in [-0.25, -0.2) is 8.78 Å². The summed E-state index contributed by atoms with van der Waals surface area (Å²) in [5.41, 5.74) is 9.90. The average molecular weight is 657 g/mol. The highest BCUT2D eigenvalue weighted by Crippen LogP contribution is 2.58. The van der Waals surface area contributed by atoms with E-state index in [0.29, 0.717) is 6.42 Å². The number of hydrogen-bond acceptors (Lipinski definition) is 4. The molecule has 0 unspecified atom stereocenters. The van der Waals surface area contributed by atoms with E-state index in [1.807, 2.05) is 97.1 Å². The van der Waals surface area contributed by atoms with Crippen molar-refractivity contribution in [3.05, 3.63) is 169 Å². The fourth-order valence-electron chi connectivity index (χ4n) is 7.22. The van der Waals surface area contributed by atoms with Crippen LogP contribution in [0, 0.1) is 11.6 Å². The summed E-state index contributed by atoms with van der Waals surface area (Å²) in [6.45, 7) is 2.13. The van der Waals surface area contributed by atoms with Crippen LogP contribution in [-0.2, 0) is 6.42 Å². The standard InChI is InChI=1S/C44H30F2N2O2/c1-2-32-43(28-19-23-30(45)24-20-28)37(47-33-11-3-7-15-39(33)49-40-16-8-4-12-34(40)47)27-38(44(32)29-21-25-31(46)26-22-29)48-35-13-5-9-17-41(35)50-42-18-10-6-14-36(42)48/h3-27H,2H2,1H3. The molecule has 6 heteroatoms. The first-order valence-corrected chi connectivity index (χ1v) is 16.6. The van der Waals surface area contributed by atoms with Crippen LogP contribution in [0.1, 0.15) is 12.5 Å². The van der Waals surface area contributed by atoms with Crippen molar-refractivity contribution < 1.29 is 18.3 Å². The lowest BCUT2D eigenvalue weighted by atomic mass is 9.86. The molecule has 0 bridgehead atoms. The van der Waals surface area contributed by atoms with Crippen LogP contribution in [0.2, 0.25) is 0 Å². The van der Waals surface area contributed by atoms with Gasteiger partial charge in [0, 0.05) is 11.1 Å². The van der Waals surface area contributed by atoms with E-state index >= 15 is 0 Å². The Bertz CT molecular complexity index is 2150. The van der Waals surface area contributed by atoms with Crippen molar-refractivity contribution in [2.24, 2.45) is 0 Å². The van der Waals surface area contributed by atoms with Crippen molar-refractivity contribution in [3.8, 4) is 45.3 Å². The van der Waals surface area contributed by atoms with E-state index < -0.39 is 0 Å². The van der Waals surface area contributed by atoms with Crippen LogP contribution in [0.5, 0.6) is 23.0 Å². The number of para-hydroxylation sites is 8. The third-order valence-electron chi connectivity index (χ3n) is 9.35. The molecule has 0 aromatic heterocycles. The zero-order chi connectivity index (χ0) is 33.8. The van der Waals surface area contributed by atoms with Gasteiger partial charge in [-0.2, -0.15) is 0 Å². The van der Waals surface area contributed by atoms with Gasteiger partial charge in [-0.1, -0.05) is 79.7 Å². The second-order valence-electron chi connectivity index (χ2n) is 12.3. The van der Waals surface area contributed by atoms with Crippen LogP contribution in [0.15, 0.2) is 152 Å². The molecule has 0 amide bonds. The van der Waals surface area contributed by atoms with Crippen molar-refractivity contribution in [1.29, 1.82) is 0 Å². The lowest BCUT2D eigenvalue weighted by Gasteiger charge is -2.38. The molecule has 0 spiro atoms. The first-order valence-electron chi connectivity index (χ1n) is 16.6. The van der Waals surface area contributed by atoms with E-state index in [1.165, 1.54) is 24.3 Å². The minimum atomic E-state index is -0.313. The summed E-state index contributed by atoms with van der Waals surface area (Å²) < 4.78 is 41.9. The normalized spacial score (nSPS) is 12.6. The summed E-state index contributed by atoms with van der Waals surface area (Å²) >= 11 is 0. The van der Waals surface area contributed by atoms with Gasteiger partial charge in [0.2, 0.25) is 0 Å². The summed E-state index contributed by atoms with van der Waals surface area (Å²) in [6, 6.07) is 47.5. The van der Waals surface area contributed by atoms with E-state index in [1.54, 1.807) is 0 Å². The Labute approximate surface area is 289 Å². The van der Waals surface area contributed by atoms with Crippen LogP contribution in [0.4, 0.5) is 42.9 Å². The molecule has 0 aliphatic carbocycles. The number of halogens is 2. The zero-order valence-corrected chi connectivity index (χ0v) is 27.1. The Kier molecular flexibility index (Phi) is 7.09. The first kappa shape index (κ1) is 29.7. The molecule has 2 heterocycles. The number of fused-ring (bicyclic) bond motifs is 4. The van der Waals surface area contributed by atoms with Crippen LogP contribution < -0.4 is 19.3 Å². The molecule has 7 aromatic carbocycles. The predicted molar refractivity (Wildman–Crippen MR) is 196 cm³/mol. The fraction of sp³-hybridized carbons (Fsp3) is 0.0455. The van der Waals surface area contributed by atoms with E-state index in [9.17, 15) is 8.78 Å². The topological polar surface area (TPSA) is 24.9 Å². The highest BCUT2D eigenvalue weighted by atomic mass is 19.1. The van der Waals surface area contributed by atoms with Gasteiger partial charge in [0.15, 0.2) is 23.0 Å². The van der Waals surface area contributed by atoms with Gasteiger partial charge in [-0.3, -0.25) is 0 Å². The van der Waals surface area contributed by atoms with Crippen molar-refractivity contribution >= 4 is 34.1 Å². The van der Waals surface area contributed by atoms with Gasteiger partial charge >= 0.3 is 0 Å². The molecule has 0 N–H and O–H groups in total. The van der Waals surface area contributed by atoms with Crippen molar-refractivity contribution in [1.82, 2.24) is 0 Å². The van der Waals surface area contributed by atoms with Gasteiger partial charge in [0.25, 0.3) is 0 Å². The average Bonchev–Trinajstić information content (AvgIpc) is 3.16. The lowest BCUT2D eigenvalue weighted by Crippen LogP contribution is -2.20. The second-order valence-corrected chi connectivity index (χ2v) is 12.3. The Hall–Kier alpha value is -6.40. The molecule has 9 rings (SSSR count). The van der Waals surface area contributed by atoms with Crippen molar-refractivity contribution in [2.45, 2.75) is 13.3 Å². The van der Waals surface area contributed by atoms with Crippen LogP contribution in [0.25, 0.3) is 22.3 Å². The van der Waals surface area contributed by atoms with Gasteiger partial charge in [0.1, 0.15) is 11.6 Å². The molecule has 0 fully saturated rings. The molecule has 0 saturated carbocycles. The minimum absolute atomic E-state index is 0.313. The molecular weight excluding hydrogens is 626 g/mol. The lowest BCUT2D eigenvalue weighted by molar-refractivity contribution is 0.477. The Morgan fingerprint density at radius 2 is 0.740 bits per heavy atom. The molecule has 2 aliphatic heterocycles. The molecule has 50 heavy (non-hydrogen) atoms. The van der Waals surface area contributed by atoms with E-state index in [4.69, 9.17) is 9.47 Å². The second kappa shape index (κ2) is 11.9. The van der Waals surface area contributed by atoms with Gasteiger partial charge < -0.3 is 19.3 Å². The van der Waals surface area contributed by atoms with Gasteiger partial charge in [-0.15, -0.1) is 0 Å². The van der Waals surface area contributed by atoms with Crippen LogP contribution in [0.3, 0.4) is 0 Å². The Morgan fingerprint density at radius 1 is 0.420 bits per heavy atom. The summed E-state index contributed by atoms with van der Waals surface area (Å²) in [5, 5.41) is 0. The highest BCUT2D eigenvalue weighted by molar-refractivity contribution is 6.03. The number of benzene rings is 7. The summed E-state index contributed by atoms with van der Waals surface area (Å²) in [7, 11) is 0. The number of rotatable bonds is 5. The molecule has 0 atom stereocenters. The minimum Gasteiger partial charge on any atom is -0.453 e. The number of ether oxygens (including phenoxy) is 2. The molecule has 242 valence electrons. The summed E-state index contributed by atoms with van der Waals surface area (Å²) in [6.07, 6.45) is 0.627. The number of hydrogen-bond donors (Lipinski definition) is 0. The Balaban J connectivity index is 1.45. The molecule has 2 aliphatic rings. The maximum atomic E-state index is 14.5. The highest BCUT2D eigenvalue weighted by Gasteiger charge is 2.34. The molecular formula is C44H30F2N2O2.